The molecule has 1 aromatic carbocycles. The molecule has 19 heavy (non-hydrogen) atoms. The van der Waals surface area contributed by atoms with Crippen molar-refractivity contribution in [1.29, 1.82) is 0 Å². The van der Waals surface area contributed by atoms with Gasteiger partial charge in [0.15, 0.2) is 0 Å². The van der Waals surface area contributed by atoms with Crippen LogP contribution in [0.15, 0.2) is 48.8 Å². The molecule has 0 saturated heterocycles. The van der Waals surface area contributed by atoms with Gasteiger partial charge in [-0.05, 0) is 18.1 Å². The summed E-state index contributed by atoms with van der Waals surface area (Å²) in [6.45, 7) is 2.17. The number of benzene rings is 1. The second kappa shape index (κ2) is 4.76. The zero-order valence-corrected chi connectivity index (χ0v) is 11.2. The summed E-state index contributed by atoms with van der Waals surface area (Å²) in [5.74, 6) is 0. The molecule has 0 bridgehead atoms. The molecule has 0 radical (unpaired) electrons. The Hall–Kier alpha value is -2.29. The lowest BCUT2D eigenvalue weighted by atomic mass is 10.1. The van der Waals surface area contributed by atoms with Gasteiger partial charge in [-0.3, -0.25) is 0 Å². The Labute approximate surface area is 112 Å². The monoisotopic (exact) mass is 251 g/mol. The molecule has 2 heterocycles. The normalized spacial score (nSPS) is 10.8. The predicted octanol–water partition coefficient (Wildman–Crippen LogP) is 3.61. The van der Waals surface area contributed by atoms with Crippen molar-refractivity contribution in [3.8, 4) is 11.3 Å². The van der Waals surface area contributed by atoms with Crippen molar-refractivity contribution in [3.63, 3.8) is 0 Å². The van der Waals surface area contributed by atoms with Gasteiger partial charge in [-0.15, -0.1) is 0 Å². The van der Waals surface area contributed by atoms with Crippen molar-refractivity contribution in [2.24, 2.45) is 0 Å². The van der Waals surface area contributed by atoms with Crippen LogP contribution < -0.4 is 5.32 Å². The van der Waals surface area contributed by atoms with Crippen LogP contribution in [0.4, 0.5) is 5.69 Å². The molecular weight excluding hydrogens is 234 g/mol. The van der Waals surface area contributed by atoms with E-state index in [2.05, 4.69) is 47.7 Å². The highest BCUT2D eigenvalue weighted by molar-refractivity contribution is 5.65. The molecule has 3 rings (SSSR count). The van der Waals surface area contributed by atoms with Gasteiger partial charge in [0.25, 0.3) is 0 Å². The highest BCUT2D eigenvalue weighted by Crippen LogP contribution is 2.21. The first kappa shape index (κ1) is 11.8. The summed E-state index contributed by atoms with van der Waals surface area (Å²) >= 11 is 0. The van der Waals surface area contributed by atoms with Crippen molar-refractivity contribution in [3.05, 3.63) is 54.4 Å². The second-order valence-corrected chi connectivity index (χ2v) is 4.61. The number of anilines is 1. The fraction of sp³-hybridized carbons (Fsp3) is 0.188. The molecule has 0 saturated carbocycles. The fourth-order valence-corrected chi connectivity index (χ4v) is 2.19. The minimum atomic E-state index is 0.960. The minimum absolute atomic E-state index is 0.960. The molecule has 0 aliphatic rings. The lowest BCUT2D eigenvalue weighted by Crippen LogP contribution is -1.89. The number of hydrogen-bond donors (Lipinski definition) is 1. The average Bonchev–Trinajstić information content (AvgIpc) is 2.90. The maximum atomic E-state index is 4.67. The van der Waals surface area contributed by atoms with Crippen LogP contribution in [0.1, 0.15) is 12.5 Å². The van der Waals surface area contributed by atoms with E-state index >= 15 is 0 Å². The van der Waals surface area contributed by atoms with Crippen molar-refractivity contribution in [1.82, 2.24) is 9.38 Å². The summed E-state index contributed by atoms with van der Waals surface area (Å²) in [7, 11) is 1.92. The van der Waals surface area contributed by atoms with Gasteiger partial charge in [-0.1, -0.05) is 31.2 Å². The highest BCUT2D eigenvalue weighted by atomic mass is 15.0. The van der Waals surface area contributed by atoms with E-state index in [1.54, 1.807) is 0 Å². The van der Waals surface area contributed by atoms with Crippen molar-refractivity contribution in [2.45, 2.75) is 13.3 Å². The first-order chi connectivity index (χ1) is 9.30. The lowest BCUT2D eigenvalue weighted by Gasteiger charge is -1.98. The minimum Gasteiger partial charge on any atom is -0.388 e. The zero-order valence-electron chi connectivity index (χ0n) is 11.2. The molecule has 0 spiro atoms. The van der Waals surface area contributed by atoms with Crippen LogP contribution in [0.25, 0.3) is 16.9 Å². The van der Waals surface area contributed by atoms with Gasteiger partial charge in [-0.2, -0.15) is 0 Å². The molecule has 3 aromatic rings. The molecule has 0 fully saturated rings. The van der Waals surface area contributed by atoms with E-state index in [0.29, 0.717) is 0 Å². The smallest absolute Gasteiger partial charge is 0.139 e. The first-order valence-electron chi connectivity index (χ1n) is 6.56. The number of pyridine rings is 1. The van der Waals surface area contributed by atoms with E-state index in [1.165, 1.54) is 5.56 Å². The molecular formula is C16H17N3. The zero-order chi connectivity index (χ0) is 13.2. The highest BCUT2D eigenvalue weighted by Gasteiger charge is 2.04. The summed E-state index contributed by atoms with van der Waals surface area (Å²) in [6.07, 6.45) is 5.16. The molecule has 1 N–H and O–H groups in total. The van der Waals surface area contributed by atoms with Crippen LogP contribution in [-0.2, 0) is 6.42 Å². The van der Waals surface area contributed by atoms with Crippen LogP contribution in [0.5, 0.6) is 0 Å². The van der Waals surface area contributed by atoms with Gasteiger partial charge in [0.2, 0.25) is 0 Å². The Bertz CT molecular complexity index is 696. The summed E-state index contributed by atoms with van der Waals surface area (Å²) < 4.78 is 2.05. The van der Waals surface area contributed by atoms with Crippen LogP contribution in [-0.4, -0.2) is 16.4 Å². The van der Waals surface area contributed by atoms with Crippen LogP contribution in [0, 0.1) is 0 Å². The van der Waals surface area contributed by atoms with E-state index < -0.39 is 0 Å². The van der Waals surface area contributed by atoms with Crippen LogP contribution in [0.2, 0.25) is 0 Å². The number of aromatic nitrogens is 2. The standard InChI is InChI=1S/C16H17N3/c1-3-12-4-6-13(7-5-12)15-11-19-9-8-14(17-2)10-16(19)18-15/h4-11,17H,3H2,1-2H3. The number of rotatable bonds is 3. The Balaban J connectivity index is 2.04. The Morgan fingerprint density at radius 3 is 2.63 bits per heavy atom. The maximum Gasteiger partial charge on any atom is 0.139 e. The number of hydrogen-bond acceptors (Lipinski definition) is 2. The third-order valence-corrected chi connectivity index (χ3v) is 3.41. The Morgan fingerprint density at radius 1 is 1.16 bits per heavy atom. The summed E-state index contributed by atoms with van der Waals surface area (Å²) in [6, 6.07) is 12.7. The third kappa shape index (κ3) is 2.19. The number of fused-ring (bicyclic) bond motifs is 1. The number of nitrogens with one attached hydrogen (secondary N) is 1. The Morgan fingerprint density at radius 2 is 1.95 bits per heavy atom. The largest absolute Gasteiger partial charge is 0.388 e. The lowest BCUT2D eigenvalue weighted by molar-refractivity contribution is 1.14. The van der Waals surface area contributed by atoms with Crippen molar-refractivity contribution < 1.29 is 0 Å². The molecule has 96 valence electrons. The summed E-state index contributed by atoms with van der Waals surface area (Å²) in [5.41, 5.74) is 5.56. The van der Waals surface area contributed by atoms with E-state index in [1.807, 2.05) is 29.8 Å². The summed E-state index contributed by atoms with van der Waals surface area (Å²) in [5, 5.41) is 3.13. The average molecular weight is 251 g/mol. The third-order valence-electron chi connectivity index (χ3n) is 3.41. The Kier molecular flexibility index (Phi) is 2.95. The summed E-state index contributed by atoms with van der Waals surface area (Å²) in [4.78, 5) is 4.67. The van der Waals surface area contributed by atoms with Crippen molar-refractivity contribution in [2.75, 3.05) is 12.4 Å². The molecule has 3 nitrogen and oxygen atoms in total. The van der Waals surface area contributed by atoms with Gasteiger partial charge in [0.1, 0.15) is 5.65 Å². The maximum absolute atomic E-state index is 4.67. The van der Waals surface area contributed by atoms with Crippen LogP contribution >= 0.6 is 0 Å². The molecule has 0 unspecified atom stereocenters. The molecule has 0 aliphatic heterocycles. The molecule has 3 heteroatoms. The molecule has 0 atom stereocenters. The number of nitrogens with zero attached hydrogens (tertiary/aromatic N) is 2. The number of aryl methyl sites for hydroxylation is 1. The molecule has 0 aliphatic carbocycles. The van der Waals surface area contributed by atoms with E-state index in [0.717, 1.165) is 29.0 Å². The number of imidazole rings is 1. The van der Waals surface area contributed by atoms with Gasteiger partial charge in [0, 0.05) is 36.8 Å². The van der Waals surface area contributed by atoms with Crippen LogP contribution in [0.3, 0.4) is 0 Å². The van der Waals surface area contributed by atoms with Gasteiger partial charge in [-0.25, -0.2) is 4.98 Å². The second-order valence-electron chi connectivity index (χ2n) is 4.61. The van der Waals surface area contributed by atoms with E-state index in [4.69, 9.17) is 0 Å². The molecule has 2 aromatic heterocycles. The fourth-order valence-electron chi connectivity index (χ4n) is 2.19. The van der Waals surface area contributed by atoms with Gasteiger partial charge >= 0.3 is 0 Å². The van der Waals surface area contributed by atoms with Gasteiger partial charge in [0.05, 0.1) is 5.69 Å². The van der Waals surface area contributed by atoms with E-state index in [-0.39, 0.29) is 0 Å². The van der Waals surface area contributed by atoms with Crippen molar-refractivity contribution >= 4 is 11.3 Å². The van der Waals surface area contributed by atoms with E-state index in [9.17, 15) is 0 Å². The first-order valence-corrected chi connectivity index (χ1v) is 6.56. The predicted molar refractivity (Wildman–Crippen MR) is 79.6 cm³/mol. The quantitative estimate of drug-likeness (QED) is 0.770. The van der Waals surface area contributed by atoms with Gasteiger partial charge < -0.3 is 9.72 Å². The SMILES string of the molecule is CCc1ccc(-c2cn3ccc(NC)cc3n2)cc1. The topological polar surface area (TPSA) is 29.3 Å². The molecule has 0 amide bonds.